The third-order valence-corrected chi connectivity index (χ3v) is 4.34. The molecule has 0 saturated carbocycles. The van der Waals surface area contributed by atoms with Gasteiger partial charge in [0.15, 0.2) is 5.69 Å². The monoisotopic (exact) mass is 380 g/mol. The maximum absolute atomic E-state index is 12.6. The van der Waals surface area contributed by atoms with Gasteiger partial charge in [0.05, 0.1) is 6.21 Å². The number of anilines is 1. The van der Waals surface area contributed by atoms with Gasteiger partial charge in [-0.3, -0.25) is 4.79 Å². The summed E-state index contributed by atoms with van der Waals surface area (Å²) >= 11 is 1.50. The molecule has 11 heteroatoms. The van der Waals surface area contributed by atoms with Crippen LogP contribution < -0.4 is 11.2 Å². The first kappa shape index (κ1) is 16.6. The lowest BCUT2D eigenvalue weighted by atomic mass is 10.1. The van der Waals surface area contributed by atoms with Crippen LogP contribution in [0.4, 0.5) is 5.82 Å². The van der Waals surface area contributed by atoms with E-state index in [9.17, 15) is 4.79 Å². The van der Waals surface area contributed by atoms with E-state index in [-0.39, 0.29) is 17.3 Å². The Morgan fingerprint density at radius 3 is 2.78 bits per heavy atom. The second-order valence-electron chi connectivity index (χ2n) is 5.25. The number of hydrogen-bond acceptors (Lipinski definition) is 9. The van der Waals surface area contributed by atoms with E-state index in [1.54, 1.807) is 6.21 Å². The molecule has 4 rings (SSSR count). The number of amides is 1. The van der Waals surface area contributed by atoms with E-state index >= 15 is 0 Å². The summed E-state index contributed by atoms with van der Waals surface area (Å²) < 4.78 is 5.93. The Kier molecular flexibility index (Phi) is 4.41. The van der Waals surface area contributed by atoms with Crippen LogP contribution in [0.5, 0.6) is 0 Å². The second kappa shape index (κ2) is 7.17. The molecule has 0 bridgehead atoms. The molecule has 3 N–H and O–H groups in total. The number of benzene rings is 1. The molecule has 0 radical (unpaired) electrons. The minimum absolute atomic E-state index is 0.0276. The van der Waals surface area contributed by atoms with Gasteiger partial charge in [-0.1, -0.05) is 41.6 Å². The summed E-state index contributed by atoms with van der Waals surface area (Å²) in [5.74, 6) is -0.356. The molecule has 134 valence electrons. The van der Waals surface area contributed by atoms with Crippen LogP contribution >= 0.6 is 11.3 Å². The fraction of sp³-hybridized carbons (Fsp3) is 0. The molecule has 0 aliphatic rings. The molecule has 3 aromatic heterocycles. The molecule has 0 fully saturated rings. The molecule has 1 amide bonds. The SMILES string of the molecule is Nc1nonc1-n1nnc(C(=O)N/N=C\c2cccs2)c1-c1ccccc1. The minimum Gasteiger partial charge on any atom is -0.378 e. The van der Waals surface area contributed by atoms with Crippen molar-refractivity contribution in [3.05, 3.63) is 58.4 Å². The Balaban J connectivity index is 1.71. The van der Waals surface area contributed by atoms with Gasteiger partial charge in [-0.25, -0.2) is 10.1 Å². The van der Waals surface area contributed by atoms with Gasteiger partial charge in [-0.05, 0) is 21.8 Å². The van der Waals surface area contributed by atoms with Crippen LogP contribution in [0.15, 0.2) is 57.6 Å². The van der Waals surface area contributed by atoms with Crippen LogP contribution in [0.3, 0.4) is 0 Å². The van der Waals surface area contributed by atoms with Gasteiger partial charge in [0.25, 0.3) is 5.91 Å². The molecule has 0 aliphatic carbocycles. The summed E-state index contributed by atoms with van der Waals surface area (Å²) in [6.07, 6.45) is 1.55. The lowest BCUT2D eigenvalue weighted by Crippen LogP contribution is -2.19. The molecule has 1 aromatic carbocycles. The van der Waals surface area contributed by atoms with Crippen LogP contribution in [0.25, 0.3) is 17.1 Å². The van der Waals surface area contributed by atoms with Gasteiger partial charge in [0, 0.05) is 10.4 Å². The number of carbonyl (C=O) groups is 1. The highest BCUT2D eigenvalue weighted by Gasteiger charge is 2.24. The summed E-state index contributed by atoms with van der Waals surface area (Å²) in [6.45, 7) is 0. The number of nitrogens with two attached hydrogens (primary N) is 1. The molecule has 0 saturated heterocycles. The van der Waals surface area contributed by atoms with Crippen LogP contribution in [0.1, 0.15) is 15.4 Å². The topological polar surface area (TPSA) is 137 Å². The quantitative estimate of drug-likeness (QED) is 0.397. The van der Waals surface area contributed by atoms with E-state index in [2.05, 4.69) is 35.8 Å². The largest absolute Gasteiger partial charge is 0.378 e. The van der Waals surface area contributed by atoms with Gasteiger partial charge in [0.1, 0.15) is 5.69 Å². The zero-order valence-electron chi connectivity index (χ0n) is 13.7. The van der Waals surface area contributed by atoms with Crippen molar-refractivity contribution < 1.29 is 9.42 Å². The fourth-order valence-electron chi connectivity index (χ4n) is 2.35. The summed E-state index contributed by atoms with van der Waals surface area (Å²) in [7, 11) is 0. The van der Waals surface area contributed by atoms with Crippen LogP contribution in [0.2, 0.25) is 0 Å². The Hall–Kier alpha value is -3.86. The number of nitrogen functional groups attached to an aromatic ring is 1. The number of nitrogens with zero attached hydrogens (tertiary/aromatic N) is 6. The van der Waals surface area contributed by atoms with Gasteiger partial charge in [0.2, 0.25) is 11.6 Å². The van der Waals surface area contributed by atoms with Gasteiger partial charge in [-0.15, -0.1) is 16.4 Å². The highest BCUT2D eigenvalue weighted by molar-refractivity contribution is 7.11. The maximum Gasteiger partial charge on any atom is 0.294 e. The van der Waals surface area contributed by atoms with Crippen molar-refractivity contribution in [2.24, 2.45) is 5.10 Å². The number of carbonyl (C=O) groups excluding carboxylic acids is 1. The minimum atomic E-state index is -0.525. The number of nitrogens with one attached hydrogen (secondary N) is 1. The van der Waals surface area contributed by atoms with Crippen molar-refractivity contribution >= 4 is 29.3 Å². The number of thiophene rings is 1. The molecular formula is C16H12N8O2S. The first-order chi connectivity index (χ1) is 13.2. The fourth-order valence-corrected chi connectivity index (χ4v) is 2.93. The van der Waals surface area contributed by atoms with E-state index in [1.807, 2.05) is 47.8 Å². The summed E-state index contributed by atoms with van der Waals surface area (Å²) in [5, 5.41) is 21.1. The molecule has 0 unspecified atom stereocenters. The van der Waals surface area contributed by atoms with E-state index in [1.165, 1.54) is 16.0 Å². The molecule has 4 aromatic rings. The predicted molar refractivity (Wildman–Crippen MR) is 98.4 cm³/mol. The van der Waals surface area contributed by atoms with Crippen LogP contribution in [0, 0.1) is 0 Å². The maximum atomic E-state index is 12.6. The second-order valence-corrected chi connectivity index (χ2v) is 6.23. The highest BCUT2D eigenvalue weighted by atomic mass is 32.1. The lowest BCUT2D eigenvalue weighted by molar-refractivity contribution is 0.0950. The van der Waals surface area contributed by atoms with E-state index in [0.29, 0.717) is 11.3 Å². The summed E-state index contributed by atoms with van der Waals surface area (Å²) in [4.78, 5) is 13.5. The van der Waals surface area contributed by atoms with Crippen molar-refractivity contribution in [2.45, 2.75) is 0 Å². The Bertz CT molecular complexity index is 1090. The third-order valence-electron chi connectivity index (χ3n) is 3.53. The lowest BCUT2D eigenvalue weighted by Gasteiger charge is -2.05. The van der Waals surface area contributed by atoms with Crippen molar-refractivity contribution in [1.82, 2.24) is 30.7 Å². The zero-order valence-corrected chi connectivity index (χ0v) is 14.5. The van der Waals surface area contributed by atoms with E-state index in [0.717, 1.165) is 4.88 Å². The predicted octanol–water partition coefficient (Wildman–Crippen LogP) is 1.72. The first-order valence-electron chi connectivity index (χ1n) is 7.70. The van der Waals surface area contributed by atoms with Crippen molar-refractivity contribution in [2.75, 3.05) is 5.73 Å². The third kappa shape index (κ3) is 3.30. The van der Waals surface area contributed by atoms with Gasteiger partial charge >= 0.3 is 0 Å². The molecule has 10 nitrogen and oxygen atoms in total. The van der Waals surface area contributed by atoms with Gasteiger partial charge < -0.3 is 5.73 Å². The average Bonchev–Trinajstić information content (AvgIpc) is 3.42. The summed E-state index contributed by atoms with van der Waals surface area (Å²) in [5.41, 5.74) is 9.36. The molecule has 0 spiro atoms. The molecule has 0 atom stereocenters. The van der Waals surface area contributed by atoms with Crippen LogP contribution in [-0.2, 0) is 0 Å². The molecule has 0 aliphatic heterocycles. The first-order valence-corrected chi connectivity index (χ1v) is 8.58. The number of rotatable bonds is 5. The van der Waals surface area contributed by atoms with Crippen molar-refractivity contribution in [1.29, 1.82) is 0 Å². The Labute approximate surface area is 156 Å². The van der Waals surface area contributed by atoms with E-state index in [4.69, 9.17) is 5.73 Å². The summed E-state index contributed by atoms with van der Waals surface area (Å²) in [6, 6.07) is 12.9. The van der Waals surface area contributed by atoms with E-state index < -0.39 is 5.91 Å². The number of hydrogen-bond donors (Lipinski definition) is 2. The average molecular weight is 380 g/mol. The van der Waals surface area contributed by atoms with Crippen molar-refractivity contribution in [3.8, 4) is 17.1 Å². The molecule has 27 heavy (non-hydrogen) atoms. The Morgan fingerprint density at radius 1 is 1.22 bits per heavy atom. The Morgan fingerprint density at radius 2 is 2.07 bits per heavy atom. The number of hydrazone groups is 1. The standard InChI is InChI=1S/C16H12N8O2S/c17-14-15(22-26-21-14)24-13(10-5-2-1-3-6-10)12(19-23-24)16(25)20-18-9-11-7-4-8-27-11/h1-9H,(H2,17,21)(H,20,25)/b18-9-. The van der Waals surface area contributed by atoms with Gasteiger partial charge in [-0.2, -0.15) is 9.78 Å². The van der Waals surface area contributed by atoms with Crippen LogP contribution in [-0.4, -0.2) is 37.4 Å². The number of aromatic nitrogens is 5. The molecule has 3 heterocycles. The molecular weight excluding hydrogens is 368 g/mol. The smallest absolute Gasteiger partial charge is 0.294 e. The van der Waals surface area contributed by atoms with Crippen molar-refractivity contribution in [3.63, 3.8) is 0 Å². The normalized spacial score (nSPS) is 11.1. The zero-order chi connectivity index (χ0) is 18.6. The highest BCUT2D eigenvalue weighted by Crippen LogP contribution is 2.26.